The average Bonchev–Trinajstić information content (AvgIpc) is 1.85. The summed E-state index contributed by atoms with van der Waals surface area (Å²) >= 11 is 26.1. The molecule has 0 saturated carbocycles. The van der Waals surface area contributed by atoms with E-state index in [1.807, 2.05) is 0 Å². The molecule has 0 bridgehead atoms. The van der Waals surface area contributed by atoms with Gasteiger partial charge in [0.1, 0.15) is 0 Å². The molecule has 0 aromatic carbocycles. The van der Waals surface area contributed by atoms with Crippen LogP contribution in [0.3, 0.4) is 0 Å². The van der Waals surface area contributed by atoms with Crippen molar-refractivity contribution in [2.75, 3.05) is 7.11 Å². The van der Waals surface area contributed by atoms with Crippen molar-refractivity contribution in [1.29, 1.82) is 0 Å². The fraction of sp³-hybridized carbons (Fsp3) is 1.00. The Morgan fingerprint density at radius 3 is 1.50 bits per heavy atom. The summed E-state index contributed by atoms with van der Waals surface area (Å²) in [6.45, 7) is 0. The second-order valence-corrected chi connectivity index (χ2v) is 7.55. The highest BCUT2D eigenvalue weighted by molar-refractivity contribution is 7.91. The quantitative estimate of drug-likeness (QED) is 0.581. The predicted octanol–water partition coefficient (Wildman–Crippen LogP) is 2.46. The van der Waals surface area contributed by atoms with Crippen molar-refractivity contribution >= 4 is 68.1 Å². The third-order valence-electron chi connectivity index (χ3n) is 0.863. The van der Waals surface area contributed by atoms with Gasteiger partial charge in [-0.1, -0.05) is 58.0 Å². The van der Waals surface area contributed by atoms with E-state index >= 15 is 0 Å². The van der Waals surface area contributed by atoms with Crippen LogP contribution < -0.4 is 0 Å². The second-order valence-electron chi connectivity index (χ2n) is 1.64. The first-order valence-electron chi connectivity index (χ1n) is 2.31. The minimum absolute atomic E-state index is 0.852. The Kier molecular flexibility index (Phi) is 4.28. The monoisotopic (exact) mass is 294 g/mol. The van der Waals surface area contributed by atoms with E-state index < -0.39 is 17.6 Å². The van der Waals surface area contributed by atoms with Gasteiger partial charge >= 0.3 is 10.1 Å². The van der Waals surface area contributed by atoms with Gasteiger partial charge in [0.25, 0.3) is 3.67 Å². The van der Waals surface area contributed by atoms with Crippen LogP contribution in [0.2, 0.25) is 0 Å². The highest BCUT2D eigenvalue weighted by Gasteiger charge is 2.57. The van der Waals surface area contributed by atoms with Crippen LogP contribution in [-0.2, 0) is 14.3 Å². The van der Waals surface area contributed by atoms with Crippen molar-refractivity contribution < 1.29 is 12.6 Å². The maximum Gasteiger partial charge on any atom is 0.306 e. The molecule has 0 aliphatic rings. The van der Waals surface area contributed by atoms with E-state index in [1.54, 1.807) is 0 Å². The van der Waals surface area contributed by atoms with Crippen LogP contribution in [0.4, 0.5) is 0 Å². The van der Waals surface area contributed by atoms with Gasteiger partial charge in [0, 0.05) is 0 Å². The summed E-state index contributed by atoms with van der Waals surface area (Å²) in [6, 6.07) is 0. The standard InChI is InChI=1S/C3H3Cl5O3S/c1-11-12(9,10)3(7,8)2(4,5)6/h1H3. The minimum Gasteiger partial charge on any atom is -0.271 e. The second kappa shape index (κ2) is 3.85. The summed E-state index contributed by atoms with van der Waals surface area (Å²) in [5.74, 6) is 0. The van der Waals surface area contributed by atoms with Gasteiger partial charge in [0.2, 0.25) is 3.79 Å². The summed E-state index contributed by atoms with van der Waals surface area (Å²) < 4.78 is 20.8. The molecule has 0 rings (SSSR count). The molecule has 0 radical (unpaired) electrons. The van der Waals surface area contributed by atoms with Crippen molar-refractivity contribution in [3.8, 4) is 0 Å². The Balaban J connectivity index is 5.14. The first-order valence-corrected chi connectivity index (χ1v) is 5.61. The molecule has 12 heavy (non-hydrogen) atoms. The molecule has 9 heteroatoms. The topological polar surface area (TPSA) is 43.4 Å². The number of rotatable bonds is 2. The molecule has 0 heterocycles. The molecule has 0 aliphatic heterocycles. The number of alkyl halides is 5. The van der Waals surface area contributed by atoms with Crippen molar-refractivity contribution in [2.24, 2.45) is 0 Å². The Labute approximate surface area is 94.9 Å². The highest BCUT2D eigenvalue weighted by Crippen LogP contribution is 2.49. The van der Waals surface area contributed by atoms with Crippen LogP contribution in [0, 0.1) is 0 Å². The van der Waals surface area contributed by atoms with E-state index in [1.165, 1.54) is 0 Å². The van der Waals surface area contributed by atoms with Gasteiger partial charge in [0.05, 0.1) is 7.11 Å². The Morgan fingerprint density at radius 1 is 1.08 bits per heavy atom. The lowest BCUT2D eigenvalue weighted by atomic mass is 10.9. The van der Waals surface area contributed by atoms with Gasteiger partial charge in [-0.3, -0.25) is 4.18 Å². The highest BCUT2D eigenvalue weighted by atomic mass is 35.6. The number of hydrogen-bond acceptors (Lipinski definition) is 3. The maximum atomic E-state index is 10.9. The van der Waals surface area contributed by atoms with E-state index in [0.717, 1.165) is 7.11 Å². The zero-order valence-electron chi connectivity index (χ0n) is 5.52. The van der Waals surface area contributed by atoms with Crippen molar-refractivity contribution in [3.63, 3.8) is 0 Å². The van der Waals surface area contributed by atoms with Crippen LogP contribution in [0.5, 0.6) is 0 Å². The van der Waals surface area contributed by atoms with Crippen LogP contribution in [0.1, 0.15) is 0 Å². The van der Waals surface area contributed by atoms with Gasteiger partial charge in [-0.05, 0) is 0 Å². The van der Waals surface area contributed by atoms with Crippen molar-refractivity contribution in [2.45, 2.75) is 7.46 Å². The Bertz CT molecular complexity index is 252. The molecule has 0 fully saturated rings. The average molecular weight is 296 g/mol. The summed E-state index contributed by atoms with van der Waals surface area (Å²) in [5, 5.41) is 0. The molecule has 0 amide bonds. The van der Waals surface area contributed by atoms with Crippen LogP contribution >= 0.6 is 58.0 Å². The summed E-state index contributed by atoms with van der Waals surface area (Å²) in [7, 11) is -3.47. The van der Waals surface area contributed by atoms with Gasteiger partial charge in [-0.15, -0.1) is 0 Å². The maximum absolute atomic E-state index is 10.9. The van der Waals surface area contributed by atoms with Crippen molar-refractivity contribution in [1.82, 2.24) is 0 Å². The van der Waals surface area contributed by atoms with E-state index in [0.29, 0.717) is 0 Å². The molecule has 0 unspecified atom stereocenters. The van der Waals surface area contributed by atoms with E-state index in [9.17, 15) is 8.42 Å². The number of halogens is 5. The normalized spacial score (nSPS) is 14.8. The fourth-order valence-electron chi connectivity index (χ4n) is 0.246. The Morgan fingerprint density at radius 2 is 1.42 bits per heavy atom. The first-order chi connectivity index (χ1) is 5.06. The molecule has 0 aromatic heterocycles. The lowest BCUT2D eigenvalue weighted by Gasteiger charge is -2.24. The molecule has 3 nitrogen and oxygen atoms in total. The molecular weight excluding hydrogens is 293 g/mol. The van der Waals surface area contributed by atoms with Gasteiger partial charge in [-0.25, -0.2) is 0 Å². The molecule has 0 atom stereocenters. The Hall–Kier alpha value is 1.36. The van der Waals surface area contributed by atoms with E-state index in [4.69, 9.17) is 58.0 Å². The van der Waals surface area contributed by atoms with Gasteiger partial charge in [-0.2, -0.15) is 8.42 Å². The third-order valence-corrected chi connectivity index (χ3v) is 5.70. The lowest BCUT2D eigenvalue weighted by molar-refractivity contribution is 0.392. The molecule has 0 spiro atoms. The molecule has 0 aromatic rings. The first kappa shape index (κ1) is 13.4. The molecule has 0 aliphatic carbocycles. The minimum atomic E-state index is -4.32. The number of hydrogen-bond donors (Lipinski definition) is 0. The summed E-state index contributed by atoms with van der Waals surface area (Å²) in [4.78, 5) is 0. The predicted molar refractivity (Wildman–Crippen MR) is 50.7 cm³/mol. The summed E-state index contributed by atoms with van der Waals surface area (Å²) in [5.41, 5.74) is 0. The van der Waals surface area contributed by atoms with Gasteiger partial charge < -0.3 is 0 Å². The SMILES string of the molecule is COS(=O)(=O)C(Cl)(Cl)C(Cl)(Cl)Cl. The third kappa shape index (κ3) is 2.44. The van der Waals surface area contributed by atoms with E-state index in [2.05, 4.69) is 4.18 Å². The lowest BCUT2D eigenvalue weighted by Crippen LogP contribution is -2.40. The largest absolute Gasteiger partial charge is 0.306 e. The zero-order chi connectivity index (χ0) is 10.2. The van der Waals surface area contributed by atoms with Crippen molar-refractivity contribution in [3.05, 3.63) is 0 Å². The summed E-state index contributed by atoms with van der Waals surface area (Å²) in [6.07, 6.45) is 0. The van der Waals surface area contributed by atoms with Crippen LogP contribution in [0.15, 0.2) is 0 Å². The van der Waals surface area contributed by atoms with Crippen LogP contribution in [0.25, 0.3) is 0 Å². The molecular formula is C3H3Cl5O3S. The molecule has 0 N–H and O–H groups in total. The molecule has 74 valence electrons. The smallest absolute Gasteiger partial charge is 0.271 e. The van der Waals surface area contributed by atoms with E-state index in [-0.39, 0.29) is 0 Å². The van der Waals surface area contributed by atoms with Crippen LogP contribution in [-0.4, -0.2) is 23.0 Å². The fourth-order valence-corrected chi connectivity index (χ4v) is 1.97. The molecule has 0 saturated heterocycles. The van der Waals surface area contributed by atoms with Gasteiger partial charge in [0.15, 0.2) is 0 Å². The zero-order valence-corrected chi connectivity index (χ0v) is 10.1.